The Morgan fingerprint density at radius 3 is 2.69 bits per heavy atom. The molecule has 0 aliphatic heterocycles. The summed E-state index contributed by atoms with van der Waals surface area (Å²) < 4.78 is 0. The van der Waals surface area contributed by atoms with Crippen molar-refractivity contribution in [1.82, 2.24) is 15.2 Å². The van der Waals surface area contributed by atoms with Crippen molar-refractivity contribution in [3.63, 3.8) is 0 Å². The molecule has 0 aliphatic carbocycles. The molecule has 26 heavy (non-hydrogen) atoms. The molecule has 2 aromatic carbocycles. The van der Waals surface area contributed by atoms with E-state index in [-0.39, 0.29) is 23.0 Å². The Balaban J connectivity index is 1.60. The first-order valence-electron chi connectivity index (χ1n) is 7.68. The van der Waals surface area contributed by atoms with Crippen molar-refractivity contribution in [1.29, 1.82) is 0 Å². The van der Waals surface area contributed by atoms with Crippen LogP contribution in [0.4, 0.5) is 11.4 Å². The number of thioether (sulfide) groups is 1. The summed E-state index contributed by atoms with van der Waals surface area (Å²) in [7, 11) is 0. The first-order chi connectivity index (χ1) is 12.5. The molecule has 0 aliphatic rings. The average Bonchev–Trinajstić information content (AvgIpc) is 3.10. The minimum Gasteiger partial charge on any atom is -0.320 e. The molecule has 0 radical (unpaired) electrons. The Morgan fingerprint density at radius 2 is 1.96 bits per heavy atom. The number of benzene rings is 2. The third kappa shape index (κ3) is 4.25. The third-order valence-corrected chi connectivity index (χ3v) is 4.34. The first kappa shape index (κ1) is 17.6. The number of H-pyrrole nitrogens is 1. The molecule has 8 nitrogen and oxygen atoms in total. The minimum atomic E-state index is -0.536. The van der Waals surface area contributed by atoms with Crippen LogP contribution in [0.15, 0.2) is 53.7 Å². The number of carbonyl (C=O) groups is 1. The summed E-state index contributed by atoms with van der Waals surface area (Å²) >= 11 is 1.15. The molecule has 3 rings (SSSR count). The van der Waals surface area contributed by atoms with E-state index in [2.05, 4.69) is 20.5 Å². The zero-order valence-electron chi connectivity index (χ0n) is 13.8. The van der Waals surface area contributed by atoms with E-state index in [0.29, 0.717) is 11.0 Å². The summed E-state index contributed by atoms with van der Waals surface area (Å²) in [5.41, 5.74) is 2.07. The molecule has 3 aromatic rings. The zero-order valence-corrected chi connectivity index (χ0v) is 14.6. The van der Waals surface area contributed by atoms with Crippen molar-refractivity contribution >= 4 is 29.0 Å². The lowest BCUT2D eigenvalue weighted by Gasteiger charge is -2.04. The van der Waals surface area contributed by atoms with Crippen LogP contribution in [0.5, 0.6) is 0 Å². The zero-order chi connectivity index (χ0) is 18.5. The van der Waals surface area contributed by atoms with Gasteiger partial charge < -0.3 is 5.32 Å². The van der Waals surface area contributed by atoms with Gasteiger partial charge in [-0.3, -0.25) is 20.0 Å². The van der Waals surface area contributed by atoms with Crippen LogP contribution in [0.2, 0.25) is 0 Å². The number of amides is 1. The van der Waals surface area contributed by atoms with Crippen LogP contribution in [-0.2, 0) is 4.79 Å². The minimum absolute atomic E-state index is 0.0389. The SMILES string of the molecule is Cc1ccc(-c2nc(SCC(=O)Nc3ccccc3[N+](=O)[O-])n[nH]2)cc1. The molecule has 1 aromatic heterocycles. The fraction of sp³-hybridized carbons (Fsp3) is 0.118. The summed E-state index contributed by atoms with van der Waals surface area (Å²) in [6.07, 6.45) is 0. The average molecular weight is 369 g/mol. The molecule has 0 spiro atoms. The molecular formula is C17H15N5O3S. The van der Waals surface area contributed by atoms with Crippen LogP contribution < -0.4 is 5.32 Å². The van der Waals surface area contributed by atoms with Gasteiger partial charge in [-0.05, 0) is 13.0 Å². The highest BCUT2D eigenvalue weighted by molar-refractivity contribution is 7.99. The lowest BCUT2D eigenvalue weighted by molar-refractivity contribution is -0.383. The Kier molecular flexibility index (Phi) is 5.28. The largest absolute Gasteiger partial charge is 0.320 e. The highest BCUT2D eigenvalue weighted by Crippen LogP contribution is 2.24. The number of nitrogens with zero attached hydrogens (tertiary/aromatic N) is 3. The second-order valence-electron chi connectivity index (χ2n) is 5.44. The van der Waals surface area contributed by atoms with E-state index in [1.54, 1.807) is 12.1 Å². The number of aromatic amines is 1. The van der Waals surface area contributed by atoms with Crippen molar-refractivity contribution in [2.45, 2.75) is 12.1 Å². The topological polar surface area (TPSA) is 114 Å². The molecule has 0 fully saturated rings. The lowest BCUT2D eigenvalue weighted by Crippen LogP contribution is -2.15. The summed E-state index contributed by atoms with van der Waals surface area (Å²) in [6, 6.07) is 13.8. The molecule has 0 atom stereocenters. The summed E-state index contributed by atoms with van der Waals surface area (Å²) in [5.74, 6) is 0.287. The van der Waals surface area contributed by atoms with Gasteiger partial charge in [0.2, 0.25) is 11.1 Å². The second kappa shape index (κ2) is 7.79. The predicted molar refractivity (Wildman–Crippen MR) is 99.0 cm³/mol. The number of hydrogen-bond acceptors (Lipinski definition) is 6. The molecule has 0 saturated carbocycles. The van der Waals surface area contributed by atoms with Gasteiger partial charge in [-0.1, -0.05) is 53.7 Å². The maximum absolute atomic E-state index is 12.1. The molecule has 1 heterocycles. The molecule has 0 unspecified atom stereocenters. The number of nitro benzene ring substituents is 1. The van der Waals surface area contributed by atoms with Gasteiger partial charge in [-0.2, -0.15) is 0 Å². The molecule has 132 valence electrons. The number of rotatable bonds is 6. The first-order valence-corrected chi connectivity index (χ1v) is 8.67. The van der Waals surface area contributed by atoms with Crippen LogP contribution >= 0.6 is 11.8 Å². The van der Waals surface area contributed by atoms with Crippen molar-refractivity contribution in [3.8, 4) is 11.4 Å². The van der Waals surface area contributed by atoms with Crippen molar-refractivity contribution in [2.24, 2.45) is 0 Å². The fourth-order valence-corrected chi connectivity index (χ4v) is 2.80. The standard InChI is InChI=1S/C17H15N5O3S/c1-11-6-8-12(9-7-11)16-19-17(21-20-16)26-10-15(23)18-13-4-2-3-5-14(13)22(24)25/h2-9H,10H2,1H3,(H,18,23)(H,19,20,21). The van der Waals surface area contributed by atoms with Crippen molar-refractivity contribution in [2.75, 3.05) is 11.1 Å². The van der Waals surface area contributed by atoms with Gasteiger partial charge in [0.15, 0.2) is 5.82 Å². The van der Waals surface area contributed by atoms with E-state index in [9.17, 15) is 14.9 Å². The fourth-order valence-electron chi connectivity index (χ4n) is 2.21. The number of aryl methyl sites for hydroxylation is 1. The van der Waals surface area contributed by atoms with Gasteiger partial charge in [-0.25, -0.2) is 4.98 Å². The molecule has 2 N–H and O–H groups in total. The smallest absolute Gasteiger partial charge is 0.292 e. The normalized spacial score (nSPS) is 10.5. The van der Waals surface area contributed by atoms with Gasteiger partial charge in [-0.15, -0.1) is 5.10 Å². The van der Waals surface area contributed by atoms with E-state index in [1.807, 2.05) is 31.2 Å². The lowest BCUT2D eigenvalue weighted by atomic mass is 10.1. The predicted octanol–water partition coefficient (Wildman–Crippen LogP) is 3.42. The summed E-state index contributed by atoms with van der Waals surface area (Å²) in [5, 5.41) is 20.8. The number of hydrogen-bond donors (Lipinski definition) is 2. The molecule has 0 bridgehead atoms. The van der Waals surface area contributed by atoms with Crippen molar-refractivity contribution < 1.29 is 9.72 Å². The molecular weight excluding hydrogens is 354 g/mol. The maximum Gasteiger partial charge on any atom is 0.292 e. The number of para-hydroxylation sites is 2. The van der Waals surface area contributed by atoms with Crippen LogP contribution in [0.1, 0.15) is 5.56 Å². The van der Waals surface area contributed by atoms with E-state index in [0.717, 1.165) is 22.9 Å². The third-order valence-electron chi connectivity index (χ3n) is 3.50. The highest BCUT2D eigenvalue weighted by Gasteiger charge is 2.15. The summed E-state index contributed by atoms with van der Waals surface area (Å²) in [4.78, 5) is 26.8. The number of aromatic nitrogens is 3. The van der Waals surface area contributed by atoms with Gasteiger partial charge in [0, 0.05) is 11.6 Å². The Bertz CT molecular complexity index is 940. The van der Waals surface area contributed by atoms with E-state index in [1.165, 1.54) is 12.1 Å². The van der Waals surface area contributed by atoms with Crippen LogP contribution in [-0.4, -0.2) is 31.8 Å². The van der Waals surface area contributed by atoms with E-state index >= 15 is 0 Å². The second-order valence-corrected chi connectivity index (χ2v) is 6.39. The van der Waals surface area contributed by atoms with E-state index in [4.69, 9.17) is 0 Å². The van der Waals surface area contributed by atoms with Crippen LogP contribution in [0.25, 0.3) is 11.4 Å². The Hall–Kier alpha value is -3.20. The summed E-state index contributed by atoms with van der Waals surface area (Å²) in [6.45, 7) is 2.00. The maximum atomic E-state index is 12.1. The Morgan fingerprint density at radius 1 is 1.23 bits per heavy atom. The number of nitro groups is 1. The number of carbonyl (C=O) groups excluding carboxylic acids is 1. The number of anilines is 1. The van der Waals surface area contributed by atoms with Gasteiger partial charge in [0.1, 0.15) is 5.69 Å². The quantitative estimate of drug-likeness (QED) is 0.391. The van der Waals surface area contributed by atoms with E-state index < -0.39 is 4.92 Å². The highest BCUT2D eigenvalue weighted by atomic mass is 32.2. The molecule has 9 heteroatoms. The van der Waals surface area contributed by atoms with Gasteiger partial charge in [0.25, 0.3) is 5.69 Å². The molecule has 1 amide bonds. The monoisotopic (exact) mass is 369 g/mol. The van der Waals surface area contributed by atoms with Crippen molar-refractivity contribution in [3.05, 3.63) is 64.2 Å². The molecule has 0 saturated heterocycles. The van der Waals surface area contributed by atoms with Crippen LogP contribution in [0, 0.1) is 17.0 Å². The number of nitrogens with one attached hydrogen (secondary N) is 2. The Labute approximate surface area is 153 Å². The van der Waals surface area contributed by atoms with Crippen LogP contribution in [0.3, 0.4) is 0 Å². The van der Waals surface area contributed by atoms with Gasteiger partial charge in [0.05, 0.1) is 10.7 Å². The van der Waals surface area contributed by atoms with Gasteiger partial charge >= 0.3 is 0 Å².